The molecule has 1 fully saturated rings. The third-order valence-electron chi connectivity index (χ3n) is 3.53. The first-order chi connectivity index (χ1) is 11.4. The maximum Gasteiger partial charge on any atom is 0.261 e. The molecule has 0 unspecified atom stereocenters. The lowest BCUT2D eigenvalue weighted by molar-refractivity contribution is 0.0952. The summed E-state index contributed by atoms with van der Waals surface area (Å²) >= 11 is 5.64. The van der Waals surface area contributed by atoms with Crippen molar-refractivity contribution in [3.05, 3.63) is 58.9 Å². The minimum atomic E-state index is -4.00. The summed E-state index contributed by atoms with van der Waals surface area (Å²) in [5.74, 6) is -1.05. The molecule has 2 N–H and O–H groups in total. The molecule has 5 nitrogen and oxygen atoms in total. The van der Waals surface area contributed by atoms with E-state index < -0.39 is 15.8 Å². The first kappa shape index (κ1) is 16.7. The second kappa shape index (κ2) is 6.41. The molecule has 8 heteroatoms. The first-order valence-electron chi connectivity index (χ1n) is 7.24. The lowest BCUT2D eigenvalue weighted by atomic mass is 10.1. The summed E-state index contributed by atoms with van der Waals surface area (Å²) in [6.07, 6.45) is 1.85. The Hall–Kier alpha value is -2.12. The fourth-order valence-electron chi connectivity index (χ4n) is 2.11. The van der Waals surface area contributed by atoms with E-state index in [2.05, 4.69) is 10.0 Å². The van der Waals surface area contributed by atoms with Crippen molar-refractivity contribution in [3.8, 4) is 0 Å². The minimum absolute atomic E-state index is 0.149. The van der Waals surface area contributed by atoms with Gasteiger partial charge < -0.3 is 5.32 Å². The predicted octanol–water partition coefficient (Wildman–Crippen LogP) is 3.17. The maximum atomic E-state index is 13.2. The van der Waals surface area contributed by atoms with Crippen LogP contribution in [0.15, 0.2) is 47.4 Å². The summed E-state index contributed by atoms with van der Waals surface area (Å²) in [6, 6.07) is 9.54. The second-order valence-electron chi connectivity index (χ2n) is 5.47. The van der Waals surface area contributed by atoms with Crippen molar-refractivity contribution < 1.29 is 17.6 Å². The van der Waals surface area contributed by atoms with Gasteiger partial charge in [-0.15, -0.1) is 0 Å². The second-order valence-corrected chi connectivity index (χ2v) is 7.56. The summed E-state index contributed by atoms with van der Waals surface area (Å²) in [5, 5.41) is 2.51. The van der Waals surface area contributed by atoms with Crippen molar-refractivity contribution in [2.75, 3.05) is 4.72 Å². The quantitative estimate of drug-likeness (QED) is 0.851. The van der Waals surface area contributed by atoms with Gasteiger partial charge in [-0.3, -0.25) is 9.52 Å². The number of hydrogen-bond acceptors (Lipinski definition) is 3. The van der Waals surface area contributed by atoms with Crippen LogP contribution >= 0.6 is 11.6 Å². The number of rotatable bonds is 5. The summed E-state index contributed by atoms with van der Waals surface area (Å²) in [4.78, 5) is 12.0. The lowest BCUT2D eigenvalue weighted by Gasteiger charge is -2.13. The van der Waals surface area contributed by atoms with E-state index in [0.717, 1.165) is 31.0 Å². The van der Waals surface area contributed by atoms with Gasteiger partial charge in [0.25, 0.3) is 15.9 Å². The maximum absolute atomic E-state index is 13.2. The van der Waals surface area contributed by atoms with Gasteiger partial charge in [-0.1, -0.05) is 23.7 Å². The number of hydrogen-bond donors (Lipinski definition) is 2. The Bertz CT molecular complexity index is 898. The fraction of sp³-hybridized carbons (Fsp3) is 0.188. The highest BCUT2D eigenvalue weighted by atomic mass is 35.5. The van der Waals surface area contributed by atoms with Crippen LogP contribution < -0.4 is 10.0 Å². The topological polar surface area (TPSA) is 75.3 Å². The van der Waals surface area contributed by atoms with E-state index in [-0.39, 0.29) is 33.1 Å². The monoisotopic (exact) mass is 368 g/mol. The van der Waals surface area contributed by atoms with E-state index in [1.807, 2.05) is 0 Å². The first-order valence-corrected chi connectivity index (χ1v) is 9.11. The number of halogens is 2. The summed E-state index contributed by atoms with van der Waals surface area (Å²) in [7, 11) is -4.00. The fourth-order valence-corrected chi connectivity index (χ4v) is 3.46. The van der Waals surface area contributed by atoms with E-state index >= 15 is 0 Å². The SMILES string of the molecule is O=C(NC1CC1)c1ccccc1NS(=O)(=O)c1ccc(F)c(Cl)c1. The number of nitrogens with one attached hydrogen (secondary N) is 2. The zero-order chi connectivity index (χ0) is 17.3. The van der Waals surface area contributed by atoms with Crippen LogP contribution in [0.4, 0.5) is 10.1 Å². The van der Waals surface area contributed by atoms with E-state index in [1.54, 1.807) is 12.1 Å². The lowest BCUT2D eigenvalue weighted by Crippen LogP contribution is -2.27. The highest BCUT2D eigenvalue weighted by Crippen LogP contribution is 2.25. The summed E-state index contributed by atoms with van der Waals surface area (Å²) < 4.78 is 40.5. The summed E-state index contributed by atoms with van der Waals surface area (Å²) in [5.41, 5.74) is 0.372. The van der Waals surface area contributed by atoms with Crippen molar-refractivity contribution >= 4 is 33.2 Å². The van der Waals surface area contributed by atoms with Crippen molar-refractivity contribution in [1.29, 1.82) is 0 Å². The van der Waals surface area contributed by atoms with Crippen LogP contribution in [0.1, 0.15) is 23.2 Å². The van der Waals surface area contributed by atoms with Gasteiger partial charge in [-0.05, 0) is 43.2 Å². The molecule has 3 rings (SSSR count). The van der Waals surface area contributed by atoms with Gasteiger partial charge in [0.1, 0.15) is 5.82 Å². The Labute approximate surface area is 143 Å². The number of amides is 1. The third kappa shape index (κ3) is 3.68. The molecule has 1 aliphatic carbocycles. The van der Waals surface area contributed by atoms with Gasteiger partial charge in [-0.25, -0.2) is 12.8 Å². The average Bonchev–Trinajstić information content (AvgIpc) is 3.34. The minimum Gasteiger partial charge on any atom is -0.349 e. The Morgan fingerprint density at radius 1 is 1.17 bits per heavy atom. The van der Waals surface area contributed by atoms with Gasteiger partial charge in [0, 0.05) is 6.04 Å². The van der Waals surface area contributed by atoms with Crippen LogP contribution in [0.25, 0.3) is 0 Å². The van der Waals surface area contributed by atoms with Crippen LogP contribution in [0.3, 0.4) is 0 Å². The van der Waals surface area contributed by atoms with Gasteiger partial charge in [0.2, 0.25) is 0 Å². The van der Waals surface area contributed by atoms with Crippen LogP contribution in [-0.4, -0.2) is 20.4 Å². The van der Waals surface area contributed by atoms with Crippen molar-refractivity contribution in [2.24, 2.45) is 0 Å². The van der Waals surface area contributed by atoms with Crippen molar-refractivity contribution in [3.63, 3.8) is 0 Å². The number of benzene rings is 2. The van der Waals surface area contributed by atoms with Gasteiger partial charge in [0.05, 0.1) is 21.2 Å². The normalized spacial score (nSPS) is 14.2. The van der Waals surface area contributed by atoms with E-state index in [1.165, 1.54) is 12.1 Å². The number of para-hydroxylation sites is 1. The van der Waals surface area contributed by atoms with Crippen LogP contribution in [0.5, 0.6) is 0 Å². The Kier molecular flexibility index (Phi) is 4.47. The smallest absolute Gasteiger partial charge is 0.261 e. The average molecular weight is 369 g/mol. The predicted molar refractivity (Wildman–Crippen MR) is 89.1 cm³/mol. The molecule has 2 aromatic carbocycles. The van der Waals surface area contributed by atoms with Crippen molar-refractivity contribution in [1.82, 2.24) is 5.32 Å². The molecule has 0 saturated heterocycles. The van der Waals surface area contributed by atoms with E-state index in [4.69, 9.17) is 11.6 Å². The molecule has 0 radical (unpaired) electrons. The number of carbonyl (C=O) groups is 1. The van der Waals surface area contributed by atoms with Crippen LogP contribution in [0.2, 0.25) is 5.02 Å². The molecule has 0 aliphatic heterocycles. The van der Waals surface area contributed by atoms with Crippen LogP contribution in [-0.2, 0) is 10.0 Å². The van der Waals surface area contributed by atoms with Gasteiger partial charge in [-0.2, -0.15) is 0 Å². The molecule has 0 atom stereocenters. The standard InChI is InChI=1S/C16H14ClFN2O3S/c17-13-9-11(7-8-14(13)18)24(22,23)20-15-4-2-1-3-12(15)16(21)19-10-5-6-10/h1-4,7-10,20H,5-6H2,(H,19,21). The molecule has 0 spiro atoms. The molecule has 1 aliphatic rings. The molecule has 0 heterocycles. The van der Waals surface area contributed by atoms with Gasteiger partial charge >= 0.3 is 0 Å². The zero-order valence-electron chi connectivity index (χ0n) is 12.4. The van der Waals surface area contributed by atoms with Gasteiger partial charge in [0.15, 0.2) is 0 Å². The highest BCUT2D eigenvalue weighted by molar-refractivity contribution is 7.92. The molecule has 1 amide bonds. The molecule has 0 bridgehead atoms. The number of sulfonamides is 1. The molecule has 24 heavy (non-hydrogen) atoms. The van der Waals surface area contributed by atoms with E-state index in [0.29, 0.717) is 0 Å². The number of anilines is 1. The largest absolute Gasteiger partial charge is 0.349 e. The van der Waals surface area contributed by atoms with Crippen molar-refractivity contribution in [2.45, 2.75) is 23.8 Å². The summed E-state index contributed by atoms with van der Waals surface area (Å²) in [6.45, 7) is 0. The van der Waals surface area contributed by atoms with Crippen LogP contribution in [0, 0.1) is 5.82 Å². The molecular formula is C16H14ClFN2O3S. The molecule has 1 saturated carbocycles. The highest BCUT2D eigenvalue weighted by Gasteiger charge is 2.26. The third-order valence-corrected chi connectivity index (χ3v) is 5.18. The zero-order valence-corrected chi connectivity index (χ0v) is 14.0. The Balaban J connectivity index is 1.89. The Morgan fingerprint density at radius 2 is 1.88 bits per heavy atom. The molecule has 126 valence electrons. The Morgan fingerprint density at radius 3 is 2.54 bits per heavy atom. The molecular weight excluding hydrogens is 355 g/mol. The number of carbonyl (C=O) groups excluding carboxylic acids is 1. The molecule has 2 aromatic rings. The molecule has 0 aromatic heterocycles. The van der Waals surface area contributed by atoms with E-state index in [9.17, 15) is 17.6 Å².